The number of piperazine rings is 1. The van der Waals surface area contributed by atoms with Crippen LogP contribution in [0.3, 0.4) is 0 Å². The average molecular weight is 584 g/mol. The number of nitrogens with one attached hydrogen (secondary N) is 1. The van der Waals surface area contributed by atoms with E-state index in [0.29, 0.717) is 40.7 Å². The van der Waals surface area contributed by atoms with E-state index in [0.717, 1.165) is 50.7 Å². The first kappa shape index (κ1) is 26.7. The number of rotatable bonds is 5. The van der Waals surface area contributed by atoms with Gasteiger partial charge >= 0.3 is 6.01 Å². The third-order valence-electron chi connectivity index (χ3n) is 10.0. The van der Waals surface area contributed by atoms with Gasteiger partial charge in [-0.15, -0.1) is 6.42 Å². The lowest BCUT2D eigenvalue weighted by Crippen LogP contribution is -2.52. The second-order valence-electron chi connectivity index (χ2n) is 12.4. The topological polar surface area (TPSA) is 53.5 Å². The van der Waals surface area contributed by atoms with E-state index in [1.54, 1.807) is 18.2 Å². The highest BCUT2D eigenvalue weighted by molar-refractivity contribution is 6.03. The molecule has 0 saturated carbocycles. The van der Waals surface area contributed by atoms with Crippen LogP contribution in [0.15, 0.2) is 42.5 Å². The summed E-state index contributed by atoms with van der Waals surface area (Å²) in [6, 6.07) is 12.5. The van der Waals surface area contributed by atoms with Crippen LogP contribution in [0, 0.1) is 24.0 Å². The Hall–Kier alpha value is -3.87. The number of anilines is 1. The highest BCUT2D eigenvalue weighted by Crippen LogP contribution is 2.43. The number of hydrogen-bond donors (Lipinski definition) is 1. The van der Waals surface area contributed by atoms with Crippen molar-refractivity contribution in [3.8, 4) is 29.5 Å². The summed E-state index contributed by atoms with van der Waals surface area (Å²) in [5.41, 5.74) is 0.331. The highest BCUT2D eigenvalue weighted by atomic mass is 19.1. The minimum Gasteiger partial charge on any atom is -0.461 e. The van der Waals surface area contributed by atoms with Crippen molar-refractivity contribution in [3.63, 3.8) is 0 Å². The van der Waals surface area contributed by atoms with Crippen molar-refractivity contribution in [2.24, 2.45) is 0 Å². The molecule has 2 bridgehead atoms. The molecule has 4 fully saturated rings. The predicted molar refractivity (Wildman–Crippen MR) is 161 cm³/mol. The molecule has 5 heterocycles. The van der Waals surface area contributed by atoms with Gasteiger partial charge < -0.3 is 15.0 Å². The first-order chi connectivity index (χ1) is 21.0. The zero-order valence-electron chi connectivity index (χ0n) is 23.8. The standard InChI is InChI=1S/C34H32F3N5O/c1-2-20-6-3-7-21-8-4-9-25(28(20)21)29-27(36)14-26-31(30(29)37)39-33(40-32(26)42-23-10-11-24(42)17-38-16-23)43-19-34-12-5-13-41(34)18-22(35)15-34/h1,3-4,6-9,14,22-24,38H,5,10-13,15-19H2/t22-,23?,24?,34+/m1/s1. The van der Waals surface area contributed by atoms with Crippen LogP contribution in [0.4, 0.5) is 19.0 Å². The van der Waals surface area contributed by atoms with Gasteiger partial charge in [-0.25, -0.2) is 13.2 Å². The molecule has 1 N–H and O–H groups in total. The molecule has 3 aromatic carbocycles. The van der Waals surface area contributed by atoms with Gasteiger partial charge in [-0.3, -0.25) is 4.90 Å². The molecule has 6 nitrogen and oxygen atoms in total. The van der Waals surface area contributed by atoms with Crippen LogP contribution in [-0.2, 0) is 0 Å². The van der Waals surface area contributed by atoms with Crippen molar-refractivity contribution in [2.75, 3.05) is 37.7 Å². The highest BCUT2D eigenvalue weighted by Gasteiger charge is 2.49. The van der Waals surface area contributed by atoms with Crippen LogP contribution in [0.1, 0.15) is 37.7 Å². The zero-order valence-corrected chi connectivity index (χ0v) is 23.8. The summed E-state index contributed by atoms with van der Waals surface area (Å²) in [5.74, 6) is 1.66. The summed E-state index contributed by atoms with van der Waals surface area (Å²) in [7, 11) is 0. The van der Waals surface area contributed by atoms with Crippen LogP contribution in [-0.4, -0.2) is 71.4 Å². The molecule has 0 amide bonds. The Balaban J connectivity index is 1.30. The van der Waals surface area contributed by atoms with E-state index in [1.807, 2.05) is 18.2 Å². The number of hydrogen-bond acceptors (Lipinski definition) is 6. The van der Waals surface area contributed by atoms with Gasteiger partial charge in [0, 0.05) is 54.5 Å². The molecule has 4 aliphatic heterocycles. The maximum absolute atomic E-state index is 16.8. The Bertz CT molecular complexity index is 1790. The van der Waals surface area contributed by atoms with Gasteiger partial charge in [0.05, 0.1) is 11.1 Å². The number of alkyl halides is 1. The molecule has 9 heteroatoms. The summed E-state index contributed by atoms with van der Waals surface area (Å²) in [4.78, 5) is 13.7. The molecule has 220 valence electrons. The van der Waals surface area contributed by atoms with Crippen LogP contribution in [0.2, 0.25) is 0 Å². The van der Waals surface area contributed by atoms with Crippen molar-refractivity contribution in [1.82, 2.24) is 20.2 Å². The predicted octanol–water partition coefficient (Wildman–Crippen LogP) is 5.61. The van der Waals surface area contributed by atoms with Crippen LogP contribution >= 0.6 is 0 Å². The minimum atomic E-state index is -0.898. The first-order valence-electron chi connectivity index (χ1n) is 15.2. The van der Waals surface area contributed by atoms with Crippen molar-refractivity contribution >= 4 is 27.5 Å². The largest absolute Gasteiger partial charge is 0.461 e. The number of aromatic nitrogens is 2. The number of halogens is 3. The van der Waals surface area contributed by atoms with Crippen molar-refractivity contribution < 1.29 is 17.9 Å². The Morgan fingerprint density at radius 2 is 1.88 bits per heavy atom. The van der Waals surface area contributed by atoms with E-state index >= 15 is 8.78 Å². The van der Waals surface area contributed by atoms with E-state index in [2.05, 4.69) is 26.0 Å². The summed E-state index contributed by atoms with van der Waals surface area (Å²) >= 11 is 0. The SMILES string of the molecule is C#Cc1cccc2cccc(-c3c(F)cc4c(N5C6CCC5CNC6)nc(OC[C@@]56CCCN5C[C@H](F)C6)nc4c3F)c12. The molecule has 4 aliphatic rings. The fourth-order valence-electron chi connectivity index (χ4n) is 8.11. The molecule has 8 rings (SSSR count). The number of terminal acetylenes is 1. The second-order valence-corrected chi connectivity index (χ2v) is 12.4. The van der Waals surface area contributed by atoms with Crippen molar-refractivity contribution in [3.05, 3.63) is 59.7 Å². The fourth-order valence-corrected chi connectivity index (χ4v) is 8.11. The number of nitrogens with zero attached hydrogens (tertiary/aromatic N) is 4. The molecule has 4 saturated heterocycles. The van der Waals surface area contributed by atoms with Gasteiger partial charge in [-0.2, -0.15) is 9.97 Å². The fraction of sp³-hybridized carbons (Fsp3) is 0.412. The summed E-state index contributed by atoms with van der Waals surface area (Å²) in [6.45, 7) is 2.99. The maximum Gasteiger partial charge on any atom is 0.319 e. The molecule has 2 unspecified atom stereocenters. The molecular formula is C34H32F3N5O. The van der Waals surface area contributed by atoms with Gasteiger partial charge in [-0.1, -0.05) is 36.3 Å². The number of fused-ring (bicyclic) bond motifs is 5. The molecule has 4 aromatic rings. The Labute approximate surface area is 248 Å². The van der Waals surface area contributed by atoms with E-state index in [4.69, 9.17) is 16.1 Å². The molecular weight excluding hydrogens is 551 g/mol. The molecule has 1 aromatic heterocycles. The second kappa shape index (κ2) is 10.1. The van der Waals surface area contributed by atoms with Gasteiger partial charge in [0.25, 0.3) is 0 Å². The van der Waals surface area contributed by atoms with E-state index in [-0.39, 0.29) is 35.8 Å². The Morgan fingerprint density at radius 1 is 1.09 bits per heavy atom. The lowest BCUT2D eigenvalue weighted by atomic mass is 9.93. The Kier molecular flexibility index (Phi) is 6.28. The number of benzene rings is 3. The van der Waals surface area contributed by atoms with Crippen LogP contribution in [0.5, 0.6) is 6.01 Å². The summed E-state index contributed by atoms with van der Waals surface area (Å²) in [6.07, 6.45) is 9.04. The summed E-state index contributed by atoms with van der Waals surface area (Å²) in [5, 5.41) is 5.17. The molecule has 0 aliphatic carbocycles. The average Bonchev–Trinajstić information content (AvgIpc) is 3.62. The van der Waals surface area contributed by atoms with Gasteiger partial charge in [0.2, 0.25) is 0 Å². The van der Waals surface area contributed by atoms with Crippen LogP contribution in [0.25, 0.3) is 32.8 Å². The molecule has 0 spiro atoms. The van der Waals surface area contributed by atoms with Crippen LogP contribution < -0.4 is 15.0 Å². The lowest BCUT2D eigenvalue weighted by Gasteiger charge is -2.37. The molecule has 4 atom stereocenters. The maximum atomic E-state index is 16.8. The molecule has 0 radical (unpaired) electrons. The van der Waals surface area contributed by atoms with Crippen molar-refractivity contribution in [1.29, 1.82) is 0 Å². The monoisotopic (exact) mass is 583 g/mol. The first-order valence-corrected chi connectivity index (χ1v) is 15.2. The van der Waals surface area contributed by atoms with Gasteiger partial charge in [-0.05, 0) is 55.3 Å². The quantitative estimate of drug-likeness (QED) is 0.309. The minimum absolute atomic E-state index is 0.0000857. The van der Waals surface area contributed by atoms with E-state index < -0.39 is 23.3 Å². The van der Waals surface area contributed by atoms with E-state index in [9.17, 15) is 4.39 Å². The van der Waals surface area contributed by atoms with Gasteiger partial charge in [0.1, 0.15) is 29.9 Å². The third kappa shape index (κ3) is 4.18. The lowest BCUT2D eigenvalue weighted by molar-refractivity contribution is 0.107. The van der Waals surface area contributed by atoms with E-state index in [1.165, 1.54) is 6.07 Å². The zero-order chi connectivity index (χ0) is 29.3. The summed E-state index contributed by atoms with van der Waals surface area (Å²) < 4.78 is 53.7. The normalized spacial score (nSPS) is 26.7. The van der Waals surface area contributed by atoms with Gasteiger partial charge in [0.15, 0.2) is 5.82 Å². The number of ether oxygens (including phenoxy) is 1. The molecule has 43 heavy (non-hydrogen) atoms. The third-order valence-corrected chi connectivity index (χ3v) is 10.0. The smallest absolute Gasteiger partial charge is 0.319 e. The Morgan fingerprint density at radius 3 is 2.67 bits per heavy atom. The van der Waals surface area contributed by atoms with Crippen molar-refractivity contribution in [2.45, 2.75) is 55.9 Å².